The molecule has 1 amide bonds. The molecule has 1 aliphatic rings. The number of carbonyl (C=O) groups excluding carboxylic acids is 1. The fraction of sp³-hybridized carbons (Fsp3) is 0.364. The van der Waals surface area contributed by atoms with Gasteiger partial charge >= 0.3 is 0 Å². The van der Waals surface area contributed by atoms with E-state index in [1.807, 2.05) is 6.07 Å². The Kier molecular flexibility index (Phi) is 2.84. The van der Waals surface area contributed by atoms with E-state index in [1.54, 1.807) is 12.1 Å². The number of aliphatic hydroxyl groups is 1. The van der Waals surface area contributed by atoms with Crippen molar-refractivity contribution in [2.75, 3.05) is 18.1 Å². The molecule has 1 aromatic heterocycles. The Bertz CT molecular complexity index is 453. The molecule has 5 nitrogen and oxygen atoms in total. The van der Waals surface area contributed by atoms with Crippen LogP contribution in [0.15, 0.2) is 18.3 Å². The molecule has 1 unspecified atom stereocenters. The van der Waals surface area contributed by atoms with Crippen LogP contribution in [0.2, 0.25) is 0 Å². The van der Waals surface area contributed by atoms with Gasteiger partial charge in [0.2, 0.25) is 5.91 Å². The molecule has 1 saturated heterocycles. The van der Waals surface area contributed by atoms with Crippen molar-refractivity contribution in [1.29, 1.82) is 5.26 Å². The van der Waals surface area contributed by atoms with Crippen LogP contribution in [0.5, 0.6) is 0 Å². The summed E-state index contributed by atoms with van der Waals surface area (Å²) in [7, 11) is 0. The summed E-state index contributed by atoms with van der Waals surface area (Å²) in [6.45, 7) is 0.445. The topological polar surface area (TPSA) is 77.2 Å². The lowest BCUT2D eigenvalue weighted by Gasteiger charge is -2.16. The minimum atomic E-state index is -0.0662. The Morgan fingerprint density at radius 2 is 2.50 bits per heavy atom. The van der Waals surface area contributed by atoms with E-state index >= 15 is 0 Å². The molecule has 0 radical (unpaired) electrons. The molecule has 1 N–H and O–H groups in total. The van der Waals surface area contributed by atoms with Crippen LogP contribution in [0.3, 0.4) is 0 Å². The van der Waals surface area contributed by atoms with Gasteiger partial charge in [0, 0.05) is 31.7 Å². The second-order valence-corrected chi connectivity index (χ2v) is 3.74. The van der Waals surface area contributed by atoms with Gasteiger partial charge in [0.05, 0.1) is 5.69 Å². The van der Waals surface area contributed by atoms with Crippen LogP contribution in [-0.2, 0) is 4.79 Å². The van der Waals surface area contributed by atoms with Crippen molar-refractivity contribution in [1.82, 2.24) is 4.98 Å². The maximum Gasteiger partial charge on any atom is 0.227 e. The summed E-state index contributed by atoms with van der Waals surface area (Å²) in [6, 6.07) is 5.35. The first kappa shape index (κ1) is 10.6. The van der Waals surface area contributed by atoms with Gasteiger partial charge in [-0.3, -0.25) is 4.79 Å². The van der Waals surface area contributed by atoms with E-state index in [0.717, 1.165) is 0 Å². The molecular weight excluding hydrogens is 206 g/mol. The minimum absolute atomic E-state index is 0.00953. The number of rotatable bonds is 2. The van der Waals surface area contributed by atoms with Crippen LogP contribution >= 0.6 is 0 Å². The van der Waals surface area contributed by atoms with E-state index in [-0.39, 0.29) is 24.1 Å². The second kappa shape index (κ2) is 4.29. The van der Waals surface area contributed by atoms with E-state index in [1.165, 1.54) is 11.1 Å². The van der Waals surface area contributed by atoms with Crippen molar-refractivity contribution >= 4 is 11.6 Å². The van der Waals surface area contributed by atoms with Crippen LogP contribution < -0.4 is 4.90 Å². The van der Waals surface area contributed by atoms with E-state index < -0.39 is 0 Å². The fourth-order valence-corrected chi connectivity index (χ4v) is 1.84. The Balaban J connectivity index is 2.32. The van der Waals surface area contributed by atoms with Crippen molar-refractivity contribution in [3.63, 3.8) is 0 Å². The summed E-state index contributed by atoms with van der Waals surface area (Å²) < 4.78 is 0. The van der Waals surface area contributed by atoms with Gasteiger partial charge in [0.15, 0.2) is 5.69 Å². The van der Waals surface area contributed by atoms with Gasteiger partial charge in [-0.25, -0.2) is 4.98 Å². The summed E-state index contributed by atoms with van der Waals surface area (Å²) in [6.07, 6.45) is 1.85. The Morgan fingerprint density at radius 3 is 3.12 bits per heavy atom. The zero-order valence-corrected chi connectivity index (χ0v) is 8.63. The highest BCUT2D eigenvalue weighted by Gasteiger charge is 2.31. The molecule has 0 bridgehead atoms. The van der Waals surface area contributed by atoms with Crippen LogP contribution in [0.25, 0.3) is 0 Å². The first-order valence-electron chi connectivity index (χ1n) is 5.02. The molecule has 0 saturated carbocycles. The molecule has 1 fully saturated rings. The number of aromatic nitrogens is 1. The molecule has 2 rings (SSSR count). The predicted molar refractivity (Wildman–Crippen MR) is 56.5 cm³/mol. The van der Waals surface area contributed by atoms with Crippen molar-refractivity contribution < 1.29 is 9.90 Å². The molecule has 1 aromatic rings. The lowest BCUT2D eigenvalue weighted by atomic mass is 10.1. The summed E-state index contributed by atoms with van der Waals surface area (Å²) >= 11 is 0. The molecule has 0 aromatic carbocycles. The number of nitriles is 1. The first-order valence-corrected chi connectivity index (χ1v) is 5.02. The number of hydrogen-bond acceptors (Lipinski definition) is 4. The second-order valence-electron chi connectivity index (χ2n) is 3.74. The molecule has 2 heterocycles. The third-order valence-corrected chi connectivity index (χ3v) is 2.65. The van der Waals surface area contributed by atoms with Crippen LogP contribution in [-0.4, -0.2) is 29.1 Å². The summed E-state index contributed by atoms with van der Waals surface area (Å²) in [5.41, 5.74) is 0.778. The van der Waals surface area contributed by atoms with Crippen molar-refractivity contribution in [2.24, 2.45) is 5.92 Å². The molecular formula is C11H11N3O2. The average molecular weight is 217 g/mol. The molecule has 82 valence electrons. The third-order valence-electron chi connectivity index (χ3n) is 2.65. The number of pyridine rings is 1. The number of carbonyl (C=O) groups is 1. The van der Waals surface area contributed by atoms with Gasteiger partial charge in [-0.1, -0.05) is 0 Å². The summed E-state index contributed by atoms with van der Waals surface area (Å²) in [4.78, 5) is 17.1. The number of amides is 1. The highest BCUT2D eigenvalue weighted by atomic mass is 16.3. The molecule has 0 aliphatic carbocycles. The van der Waals surface area contributed by atoms with E-state index in [4.69, 9.17) is 10.4 Å². The van der Waals surface area contributed by atoms with Gasteiger partial charge < -0.3 is 10.0 Å². The summed E-state index contributed by atoms with van der Waals surface area (Å²) in [5, 5.41) is 17.9. The lowest BCUT2D eigenvalue weighted by Crippen LogP contribution is -2.26. The van der Waals surface area contributed by atoms with Crippen LogP contribution in [0.4, 0.5) is 5.69 Å². The standard InChI is InChI=1S/C11H11N3O2/c12-5-9-10(2-1-3-13-9)14-6-8(7-15)4-11(14)16/h1-3,8,15H,4,6-7H2. The maximum atomic E-state index is 11.7. The van der Waals surface area contributed by atoms with E-state index in [2.05, 4.69) is 4.98 Å². The maximum absolute atomic E-state index is 11.7. The quantitative estimate of drug-likeness (QED) is 0.772. The number of hydrogen-bond donors (Lipinski definition) is 1. The molecule has 5 heteroatoms. The monoisotopic (exact) mass is 217 g/mol. The van der Waals surface area contributed by atoms with Crippen molar-refractivity contribution in [3.8, 4) is 6.07 Å². The zero-order valence-electron chi connectivity index (χ0n) is 8.63. The number of nitrogens with zero attached hydrogens (tertiary/aromatic N) is 3. The first-order chi connectivity index (χ1) is 7.76. The summed E-state index contributed by atoms with van der Waals surface area (Å²) in [5.74, 6) is -0.109. The third kappa shape index (κ3) is 1.75. The Labute approximate surface area is 92.9 Å². The highest BCUT2D eigenvalue weighted by molar-refractivity contribution is 5.96. The van der Waals surface area contributed by atoms with Crippen LogP contribution in [0, 0.1) is 17.2 Å². The SMILES string of the molecule is N#Cc1ncccc1N1CC(CO)CC1=O. The minimum Gasteiger partial charge on any atom is -0.396 e. The largest absolute Gasteiger partial charge is 0.396 e. The lowest BCUT2D eigenvalue weighted by molar-refractivity contribution is -0.117. The van der Waals surface area contributed by atoms with Crippen molar-refractivity contribution in [2.45, 2.75) is 6.42 Å². The number of aliphatic hydroxyl groups excluding tert-OH is 1. The molecule has 0 spiro atoms. The fourth-order valence-electron chi connectivity index (χ4n) is 1.84. The van der Waals surface area contributed by atoms with Crippen LogP contribution in [0.1, 0.15) is 12.1 Å². The number of anilines is 1. The molecule has 1 aliphatic heterocycles. The molecule has 16 heavy (non-hydrogen) atoms. The highest BCUT2D eigenvalue weighted by Crippen LogP contribution is 2.26. The van der Waals surface area contributed by atoms with Gasteiger partial charge in [-0.2, -0.15) is 5.26 Å². The van der Waals surface area contributed by atoms with Crippen molar-refractivity contribution in [3.05, 3.63) is 24.0 Å². The smallest absolute Gasteiger partial charge is 0.227 e. The van der Waals surface area contributed by atoms with Gasteiger partial charge in [-0.05, 0) is 12.1 Å². The molecule has 1 atom stereocenters. The Hall–Kier alpha value is -1.93. The average Bonchev–Trinajstić information content (AvgIpc) is 2.70. The Morgan fingerprint density at radius 1 is 1.69 bits per heavy atom. The van der Waals surface area contributed by atoms with Gasteiger partial charge in [0.1, 0.15) is 6.07 Å². The predicted octanol–water partition coefficient (Wildman–Crippen LogP) is 0.298. The normalized spacial score (nSPS) is 19.9. The zero-order chi connectivity index (χ0) is 11.5. The van der Waals surface area contributed by atoms with E-state index in [9.17, 15) is 4.79 Å². The van der Waals surface area contributed by atoms with E-state index in [0.29, 0.717) is 18.7 Å². The van der Waals surface area contributed by atoms with Gasteiger partial charge in [0.25, 0.3) is 0 Å². The van der Waals surface area contributed by atoms with Gasteiger partial charge in [-0.15, -0.1) is 0 Å².